The first-order chi connectivity index (χ1) is 13.6. The van der Waals surface area contributed by atoms with Crippen molar-refractivity contribution in [2.24, 2.45) is 0 Å². The van der Waals surface area contributed by atoms with Gasteiger partial charge in [-0.1, -0.05) is 48.9 Å². The number of aromatic nitrogens is 1. The summed E-state index contributed by atoms with van der Waals surface area (Å²) in [4.78, 5) is 16.9. The fraction of sp³-hybridized carbons (Fsp3) is 0.304. The number of methoxy groups -OCH3 is 1. The highest BCUT2D eigenvalue weighted by molar-refractivity contribution is 7.13. The molecule has 2 aromatic carbocycles. The highest BCUT2D eigenvalue weighted by Crippen LogP contribution is 2.24. The van der Waals surface area contributed by atoms with Gasteiger partial charge < -0.3 is 10.1 Å². The lowest BCUT2D eigenvalue weighted by Crippen LogP contribution is -2.27. The average Bonchev–Trinajstić information content (AvgIpc) is 3.16. The molecule has 0 saturated carbocycles. The van der Waals surface area contributed by atoms with Crippen LogP contribution in [0.2, 0.25) is 0 Å². The van der Waals surface area contributed by atoms with E-state index in [0.717, 1.165) is 40.4 Å². The number of carbonyl (C=O) groups is 1. The normalized spacial score (nSPS) is 10.7. The Hall–Kier alpha value is -2.66. The Kier molecular flexibility index (Phi) is 6.82. The van der Waals surface area contributed by atoms with Crippen LogP contribution < -0.4 is 10.1 Å². The van der Waals surface area contributed by atoms with Crippen LogP contribution >= 0.6 is 11.3 Å². The van der Waals surface area contributed by atoms with E-state index in [9.17, 15) is 4.79 Å². The molecule has 0 bridgehead atoms. The van der Waals surface area contributed by atoms with E-state index in [-0.39, 0.29) is 5.91 Å². The summed E-state index contributed by atoms with van der Waals surface area (Å²) < 4.78 is 5.39. The number of hydrogen-bond acceptors (Lipinski definition) is 4. The maximum Gasteiger partial charge on any atom is 0.226 e. The molecule has 28 heavy (non-hydrogen) atoms. The Labute approximate surface area is 170 Å². The fourth-order valence-electron chi connectivity index (χ4n) is 3.07. The van der Waals surface area contributed by atoms with Crippen molar-refractivity contribution >= 4 is 17.2 Å². The molecular formula is C23H26N2O2S. The zero-order valence-electron chi connectivity index (χ0n) is 16.6. The topological polar surface area (TPSA) is 51.2 Å². The van der Waals surface area contributed by atoms with Crippen LogP contribution in [-0.2, 0) is 24.1 Å². The fourth-order valence-corrected chi connectivity index (χ4v) is 3.90. The molecule has 1 heterocycles. The molecule has 1 N–H and O–H groups in total. The second-order valence-electron chi connectivity index (χ2n) is 6.79. The number of nitrogens with one attached hydrogen (secondary N) is 1. The van der Waals surface area contributed by atoms with Gasteiger partial charge in [0.1, 0.15) is 10.8 Å². The summed E-state index contributed by atoms with van der Waals surface area (Å²) in [5.41, 5.74) is 5.51. The first kappa shape index (κ1) is 20.1. The Morgan fingerprint density at radius 3 is 2.68 bits per heavy atom. The second kappa shape index (κ2) is 9.51. The predicted molar refractivity (Wildman–Crippen MR) is 115 cm³/mol. The molecule has 1 amide bonds. The lowest BCUT2D eigenvalue weighted by molar-refractivity contribution is -0.120. The van der Waals surface area contributed by atoms with E-state index in [1.54, 1.807) is 18.4 Å². The number of carbonyl (C=O) groups excluding carboxylic acids is 1. The number of amides is 1. The lowest BCUT2D eigenvalue weighted by Gasteiger charge is -2.10. The summed E-state index contributed by atoms with van der Waals surface area (Å²) in [5.74, 6) is 0.850. The van der Waals surface area contributed by atoms with E-state index in [2.05, 4.69) is 54.5 Å². The summed E-state index contributed by atoms with van der Waals surface area (Å²) in [6.07, 6.45) is 2.06. The van der Waals surface area contributed by atoms with Crippen LogP contribution in [0.1, 0.15) is 29.3 Å². The zero-order chi connectivity index (χ0) is 19.9. The number of rotatable bonds is 8. The number of ether oxygens (including phenoxy) is 1. The predicted octanol–water partition coefficient (Wildman–Crippen LogP) is 4.59. The Balaban J connectivity index is 1.53. The van der Waals surface area contributed by atoms with Crippen molar-refractivity contribution in [3.8, 4) is 16.3 Å². The number of aryl methyl sites for hydroxylation is 2. The van der Waals surface area contributed by atoms with Crippen molar-refractivity contribution in [2.45, 2.75) is 33.1 Å². The minimum Gasteiger partial charge on any atom is -0.496 e. The highest BCUT2D eigenvalue weighted by atomic mass is 32.1. The van der Waals surface area contributed by atoms with Crippen LogP contribution in [0.5, 0.6) is 5.75 Å². The maximum atomic E-state index is 12.3. The molecule has 4 nitrogen and oxygen atoms in total. The van der Waals surface area contributed by atoms with Crippen molar-refractivity contribution in [1.82, 2.24) is 10.3 Å². The van der Waals surface area contributed by atoms with Gasteiger partial charge in [0.15, 0.2) is 0 Å². The molecule has 0 radical (unpaired) electrons. The van der Waals surface area contributed by atoms with E-state index in [1.165, 1.54) is 11.1 Å². The van der Waals surface area contributed by atoms with Crippen molar-refractivity contribution in [3.05, 3.63) is 70.2 Å². The SMILES string of the molecule is CCc1ccc(-c2nc(CC(=O)NCCc3cc(C)ccc3OC)cs2)cc1. The molecule has 0 aliphatic heterocycles. The van der Waals surface area contributed by atoms with Gasteiger partial charge in [0.05, 0.1) is 19.2 Å². The van der Waals surface area contributed by atoms with Gasteiger partial charge in [-0.15, -0.1) is 11.3 Å². The molecule has 5 heteroatoms. The van der Waals surface area contributed by atoms with Gasteiger partial charge in [0.2, 0.25) is 5.91 Å². The van der Waals surface area contributed by atoms with E-state index in [1.807, 2.05) is 17.5 Å². The van der Waals surface area contributed by atoms with Crippen molar-refractivity contribution < 1.29 is 9.53 Å². The molecule has 0 unspecified atom stereocenters. The Bertz CT molecular complexity index is 932. The van der Waals surface area contributed by atoms with Gasteiger partial charge in [-0.2, -0.15) is 0 Å². The molecule has 146 valence electrons. The third kappa shape index (κ3) is 5.20. The first-order valence-electron chi connectivity index (χ1n) is 9.53. The molecular weight excluding hydrogens is 368 g/mol. The Morgan fingerprint density at radius 2 is 1.96 bits per heavy atom. The minimum atomic E-state index is -0.00944. The van der Waals surface area contributed by atoms with E-state index in [4.69, 9.17) is 4.74 Å². The van der Waals surface area contributed by atoms with Gasteiger partial charge in [0.25, 0.3) is 0 Å². The standard InChI is InChI=1S/C23H26N2O2S/c1-4-17-6-8-18(9-7-17)23-25-20(15-28-23)14-22(26)24-12-11-19-13-16(2)5-10-21(19)27-3/h5-10,13,15H,4,11-12,14H2,1-3H3,(H,24,26). The van der Waals surface area contributed by atoms with Gasteiger partial charge >= 0.3 is 0 Å². The second-order valence-corrected chi connectivity index (χ2v) is 7.64. The highest BCUT2D eigenvalue weighted by Gasteiger charge is 2.10. The van der Waals surface area contributed by atoms with E-state index >= 15 is 0 Å². The number of benzene rings is 2. The van der Waals surface area contributed by atoms with Crippen molar-refractivity contribution in [2.75, 3.05) is 13.7 Å². The maximum absolute atomic E-state index is 12.3. The van der Waals surface area contributed by atoms with Gasteiger partial charge in [-0.3, -0.25) is 4.79 Å². The largest absolute Gasteiger partial charge is 0.496 e. The number of hydrogen-bond donors (Lipinski definition) is 1. The average molecular weight is 395 g/mol. The van der Waals surface area contributed by atoms with E-state index in [0.29, 0.717) is 13.0 Å². The third-order valence-corrected chi connectivity index (χ3v) is 5.60. The number of nitrogens with zero attached hydrogens (tertiary/aromatic N) is 1. The molecule has 0 fully saturated rings. The van der Waals surface area contributed by atoms with Gasteiger partial charge in [0, 0.05) is 17.5 Å². The molecule has 3 rings (SSSR count). The molecule has 0 spiro atoms. The molecule has 0 aliphatic rings. The monoisotopic (exact) mass is 394 g/mol. The van der Waals surface area contributed by atoms with Crippen LogP contribution in [0.4, 0.5) is 0 Å². The number of thiazole rings is 1. The van der Waals surface area contributed by atoms with Crippen molar-refractivity contribution in [1.29, 1.82) is 0 Å². The zero-order valence-corrected chi connectivity index (χ0v) is 17.4. The van der Waals surface area contributed by atoms with Crippen molar-refractivity contribution in [3.63, 3.8) is 0 Å². The molecule has 0 saturated heterocycles. The summed E-state index contributed by atoms with van der Waals surface area (Å²) >= 11 is 1.58. The molecule has 3 aromatic rings. The third-order valence-electron chi connectivity index (χ3n) is 4.65. The quantitative estimate of drug-likeness (QED) is 0.608. The van der Waals surface area contributed by atoms with Crippen LogP contribution in [0.3, 0.4) is 0 Å². The summed E-state index contributed by atoms with van der Waals surface area (Å²) in [5, 5.41) is 5.90. The minimum absolute atomic E-state index is 0.00944. The van der Waals surface area contributed by atoms with Crippen LogP contribution in [-0.4, -0.2) is 24.5 Å². The first-order valence-corrected chi connectivity index (χ1v) is 10.4. The van der Waals surface area contributed by atoms with Crippen LogP contribution in [0.15, 0.2) is 47.8 Å². The summed E-state index contributed by atoms with van der Waals surface area (Å²) in [7, 11) is 1.67. The van der Waals surface area contributed by atoms with Gasteiger partial charge in [-0.25, -0.2) is 4.98 Å². The summed E-state index contributed by atoms with van der Waals surface area (Å²) in [6.45, 7) is 4.77. The van der Waals surface area contributed by atoms with Gasteiger partial charge in [-0.05, 0) is 37.0 Å². The lowest BCUT2D eigenvalue weighted by atomic mass is 10.1. The smallest absolute Gasteiger partial charge is 0.226 e. The van der Waals surface area contributed by atoms with E-state index < -0.39 is 0 Å². The summed E-state index contributed by atoms with van der Waals surface area (Å²) in [6, 6.07) is 14.5. The Morgan fingerprint density at radius 1 is 1.18 bits per heavy atom. The molecule has 0 atom stereocenters. The van der Waals surface area contributed by atoms with Crippen LogP contribution in [0, 0.1) is 6.92 Å². The molecule has 1 aromatic heterocycles. The van der Waals surface area contributed by atoms with Crippen LogP contribution in [0.25, 0.3) is 10.6 Å². The molecule has 0 aliphatic carbocycles.